The number of hydrogen-bond acceptors (Lipinski definition) is 24. The number of Topliss-reactive ketones (excluding diaryl/α,β-unsaturated/α-hetero) is 1. The Morgan fingerprint density at radius 1 is 0.398 bits per heavy atom. The van der Waals surface area contributed by atoms with Crippen LogP contribution in [0.5, 0.6) is 0 Å². The van der Waals surface area contributed by atoms with E-state index in [9.17, 15) is 62.4 Å². The molecule has 32 heteroatoms. The van der Waals surface area contributed by atoms with E-state index in [-0.39, 0.29) is 115 Å². The smallest absolute Gasteiger partial charge is 0.444 e. The van der Waals surface area contributed by atoms with Crippen LogP contribution in [0.3, 0.4) is 0 Å². The molecule has 5 aliphatic heterocycles. The number of carbonyl (C=O) groups is 6. The van der Waals surface area contributed by atoms with Gasteiger partial charge in [-0.15, -0.1) is 13.2 Å². The second-order valence-corrected chi connectivity index (χ2v) is 40.9. The molecule has 8 aliphatic carbocycles. The minimum absolute atomic E-state index is 0.0216. The van der Waals surface area contributed by atoms with E-state index in [1.165, 1.54) is 0 Å². The van der Waals surface area contributed by atoms with Crippen molar-refractivity contribution in [1.29, 1.82) is 0 Å². The standard InChI is InChI=1S/C20H33NO5.C18H31NO5.C18H29NO5.C15H22F3NO4.C15H25NO5/c1-8-10-20(23,11-9-2)13-12-14(21-17(22)26-18(3,4)5)16-15(13)24-19(6,7)25-16;2*1-16(2,3)24-15(20)19-12-10-11(18(21)8-6-7-9-18)13-14(12)23-17(4,5)22-13;1-13(2)22-10-8(14(21)5-3-4-6-14)7-9(11(10)23-13)19-12(20)15(16,17)18;1-8(17)9-7-10(16-13(18)21-14(2,3)4)12-11(9)19-15(5,6)20-12/h8-9,13-16,23H,1-2,10-12H2,3-7H3,(H,21,22);11-14,21H,6-10H2,1-5H3,(H,19,20);6-7,11-14,21H,8-10H2,1-5H3,(H,19,20);8-11,21H,3-7H2,1-2H3,(H,19,20);9-12H,7H2,1-6H3,(H,16,18)/t13-,14?,15+,16-;2*11-,12?,13+,14-;8-,9?,10+,11-;9-,10?,11-,12+/m00001/s1. The van der Waals surface area contributed by atoms with Crippen molar-refractivity contribution in [1.82, 2.24) is 26.6 Å². The van der Waals surface area contributed by atoms with Crippen LogP contribution in [0, 0.1) is 29.6 Å². The third kappa shape index (κ3) is 24.4. The third-order valence-corrected chi connectivity index (χ3v) is 24.0. The molecule has 7 saturated carbocycles. The first-order valence-electron chi connectivity index (χ1n) is 42.3. The Morgan fingerprint density at radius 3 is 0.949 bits per heavy atom. The van der Waals surface area contributed by atoms with Gasteiger partial charge in [0.1, 0.15) is 58.7 Å². The van der Waals surface area contributed by atoms with E-state index in [1.807, 2.05) is 135 Å². The van der Waals surface area contributed by atoms with Gasteiger partial charge in [-0.05, 0) is 243 Å². The van der Waals surface area contributed by atoms with Crippen LogP contribution in [0.25, 0.3) is 0 Å². The van der Waals surface area contributed by atoms with Gasteiger partial charge >= 0.3 is 36.5 Å². The molecule has 29 nitrogen and oxygen atoms in total. The van der Waals surface area contributed by atoms with Crippen LogP contribution in [-0.4, -0.2) is 228 Å². The van der Waals surface area contributed by atoms with E-state index >= 15 is 0 Å². The zero-order chi connectivity index (χ0) is 88.3. The molecule has 12 fully saturated rings. The quantitative estimate of drug-likeness (QED) is 0.0576. The summed E-state index contributed by atoms with van der Waals surface area (Å²) >= 11 is 0. The minimum Gasteiger partial charge on any atom is -0.444 e. The number of ketones is 1. The average Bonchev–Trinajstić information content (AvgIpc) is 1.61. The van der Waals surface area contributed by atoms with Crippen molar-refractivity contribution in [3.8, 4) is 0 Å². The number of fused-ring (bicyclic) bond motifs is 5. The maximum Gasteiger partial charge on any atom is 0.471 e. The van der Waals surface area contributed by atoms with Gasteiger partial charge < -0.3 is 113 Å². The summed E-state index contributed by atoms with van der Waals surface area (Å²) in [6, 6.07) is -1.84. The van der Waals surface area contributed by atoms with Gasteiger partial charge in [-0.1, -0.05) is 50.0 Å². The number of halogens is 3. The first kappa shape index (κ1) is 96.5. The summed E-state index contributed by atoms with van der Waals surface area (Å²) < 4.78 is 119. The second-order valence-electron chi connectivity index (χ2n) is 40.9. The van der Waals surface area contributed by atoms with Gasteiger partial charge in [0.25, 0.3) is 0 Å². The van der Waals surface area contributed by atoms with Crippen LogP contribution in [0.1, 0.15) is 268 Å². The number of rotatable bonds is 14. The molecule has 118 heavy (non-hydrogen) atoms. The first-order valence-corrected chi connectivity index (χ1v) is 42.3. The maximum atomic E-state index is 12.5. The molecule has 0 bridgehead atoms. The highest BCUT2D eigenvalue weighted by molar-refractivity contribution is 5.82. The van der Waals surface area contributed by atoms with Crippen molar-refractivity contribution < 1.29 is 129 Å². The fourth-order valence-electron chi connectivity index (χ4n) is 19.8. The number of aliphatic hydroxyl groups is 4. The third-order valence-electron chi connectivity index (χ3n) is 24.0. The predicted octanol–water partition coefficient (Wildman–Crippen LogP) is 12.4. The Kier molecular flexibility index (Phi) is 28.9. The molecule has 9 N–H and O–H groups in total. The van der Waals surface area contributed by atoms with Crippen molar-refractivity contribution >= 4 is 36.1 Å². The Hall–Kier alpha value is -5.33. The highest BCUT2D eigenvalue weighted by Gasteiger charge is 2.65. The summed E-state index contributed by atoms with van der Waals surface area (Å²) in [5, 5.41) is 57.8. The van der Waals surface area contributed by atoms with Crippen LogP contribution in [0.15, 0.2) is 37.5 Å². The molecular weight excluding hydrogens is 1540 g/mol. The van der Waals surface area contributed by atoms with Gasteiger partial charge in [0, 0.05) is 29.6 Å². The lowest BCUT2D eigenvalue weighted by Crippen LogP contribution is -2.48. The number of hydrogen-bond donors (Lipinski definition) is 9. The van der Waals surface area contributed by atoms with Gasteiger partial charge in [-0.25, -0.2) is 19.2 Å². The second kappa shape index (κ2) is 35.4. The fraction of sp³-hybridized carbons (Fsp3) is 0.860. The van der Waals surface area contributed by atoms with Crippen molar-refractivity contribution in [2.45, 2.75) is 440 Å². The largest absolute Gasteiger partial charge is 0.471 e. The van der Waals surface area contributed by atoms with Crippen molar-refractivity contribution in [3.63, 3.8) is 0 Å². The highest BCUT2D eigenvalue weighted by atomic mass is 19.4. The number of carbonyl (C=O) groups excluding carboxylic acids is 6. The molecule has 0 radical (unpaired) electrons. The summed E-state index contributed by atoms with van der Waals surface area (Å²) in [6.45, 7) is 49.1. The SMILES string of the molecule is C=CCC(O)(CC=C)[C@H]1CC(NC(=O)OC(C)(C)C)[C@@H]2OC(C)(C)O[C@@H]21.CC(=O)[C@H]1CC(NC(=O)OC(C)(C)C)[C@@H]2OC(C)(C)O[C@H]12.CC(C)(C)OC(=O)NC1C[C@H](C2(O)CC=CC2)[C@H]2OC(C)(C)O[C@@H]12.CC(C)(C)OC(=O)NC1C[C@H](C2(O)CCCC2)[C@H]2OC(C)(C)O[C@@H]12.CC1(C)O[C@H]2[C@@H](O1)C(NC(=O)C(F)(F)F)C[C@@H]2C1(O)CCCC1. The zero-order valence-electron chi connectivity index (χ0n) is 73.9. The van der Waals surface area contributed by atoms with Crippen LogP contribution >= 0.6 is 0 Å². The van der Waals surface area contributed by atoms with Gasteiger partial charge in [-0.2, -0.15) is 13.2 Å². The number of alkyl carbamates (subject to hydrolysis) is 4. The molecule has 0 spiro atoms. The molecule has 0 aromatic heterocycles. The number of nitrogens with one attached hydrogen (secondary N) is 5. The maximum absolute atomic E-state index is 12.5. The lowest BCUT2D eigenvalue weighted by Gasteiger charge is -2.36. The van der Waals surface area contributed by atoms with Gasteiger partial charge in [0.2, 0.25) is 0 Å². The molecular formula is C86H140F3N5O24. The molecule has 13 aliphatic rings. The van der Waals surface area contributed by atoms with Crippen molar-refractivity contribution in [3.05, 3.63) is 37.5 Å². The first-order chi connectivity index (χ1) is 53.9. The van der Waals surface area contributed by atoms with Crippen molar-refractivity contribution in [2.24, 2.45) is 29.6 Å². The highest BCUT2D eigenvalue weighted by Crippen LogP contribution is 2.55. The zero-order valence-corrected chi connectivity index (χ0v) is 73.9. The Morgan fingerprint density at radius 2 is 0.653 bits per heavy atom. The molecule has 20 atom stereocenters. The predicted molar refractivity (Wildman–Crippen MR) is 426 cm³/mol. The Bertz CT molecular complexity index is 3480. The van der Waals surface area contributed by atoms with Gasteiger partial charge in [0.15, 0.2) is 28.9 Å². The Labute approximate surface area is 695 Å². The van der Waals surface area contributed by atoms with E-state index in [0.29, 0.717) is 64.2 Å². The fourth-order valence-corrected chi connectivity index (χ4v) is 19.8. The summed E-state index contributed by atoms with van der Waals surface area (Å²) in [5.41, 5.74) is -5.77. The molecule has 674 valence electrons. The van der Waals surface area contributed by atoms with E-state index in [4.69, 9.17) is 66.3 Å². The summed E-state index contributed by atoms with van der Waals surface area (Å²) in [7, 11) is 0. The van der Waals surface area contributed by atoms with Crippen LogP contribution in [0.2, 0.25) is 0 Å². The van der Waals surface area contributed by atoms with Crippen LogP contribution in [-0.2, 0) is 75.9 Å². The number of alkyl halides is 3. The molecule has 5 amide bonds. The van der Waals surface area contributed by atoms with Crippen LogP contribution in [0.4, 0.5) is 32.3 Å². The lowest BCUT2D eigenvalue weighted by atomic mass is 9.79. The summed E-state index contributed by atoms with van der Waals surface area (Å²) in [6.07, 6.45) is 8.39. The summed E-state index contributed by atoms with van der Waals surface area (Å²) in [4.78, 5) is 71.6. The average molecular weight is 1690 g/mol. The minimum atomic E-state index is -4.94. The van der Waals surface area contributed by atoms with Crippen LogP contribution < -0.4 is 26.6 Å². The topological polar surface area (TPSA) is 373 Å². The normalized spacial score (nSPS) is 35.4. The lowest BCUT2D eigenvalue weighted by molar-refractivity contribution is -0.180. The number of ether oxygens (including phenoxy) is 14. The molecule has 0 aromatic carbocycles. The molecule has 0 aromatic rings. The monoisotopic (exact) mass is 1680 g/mol. The van der Waals surface area contributed by atoms with Gasteiger partial charge in [0.05, 0.1) is 83.1 Å². The van der Waals surface area contributed by atoms with E-state index in [0.717, 1.165) is 38.5 Å². The molecule has 5 unspecified atom stereocenters. The summed E-state index contributed by atoms with van der Waals surface area (Å²) in [5.74, 6) is -6.70. The van der Waals surface area contributed by atoms with E-state index in [2.05, 4.69) is 34.4 Å². The number of amides is 5. The van der Waals surface area contributed by atoms with Crippen molar-refractivity contribution in [2.75, 3.05) is 0 Å². The van der Waals surface area contributed by atoms with Gasteiger partial charge in [-0.3, -0.25) is 9.59 Å². The molecule has 5 saturated heterocycles. The molecule has 13 rings (SSSR count). The van der Waals surface area contributed by atoms with E-state index in [1.54, 1.807) is 53.7 Å². The van der Waals surface area contributed by atoms with E-state index < -0.39 is 128 Å². The molecule has 5 heterocycles. The Balaban J connectivity index is 0.000000168.